The number of nitrogens with zero attached hydrogens (tertiary/aromatic N) is 2. The van der Waals surface area contributed by atoms with Gasteiger partial charge in [-0.3, -0.25) is 4.79 Å². The Morgan fingerprint density at radius 1 is 1.27 bits per heavy atom. The molecule has 0 unspecified atom stereocenters. The first-order valence-electron chi connectivity index (χ1n) is 9.41. The van der Waals surface area contributed by atoms with Crippen molar-refractivity contribution in [1.82, 2.24) is 9.21 Å². The second-order valence-corrected chi connectivity index (χ2v) is 8.47. The molecule has 0 saturated carbocycles. The summed E-state index contributed by atoms with van der Waals surface area (Å²) in [5, 5.41) is 0. The van der Waals surface area contributed by atoms with E-state index in [0.717, 1.165) is 12.8 Å². The van der Waals surface area contributed by atoms with E-state index in [1.165, 1.54) is 10.4 Å². The fourth-order valence-corrected chi connectivity index (χ4v) is 4.86. The predicted octanol–water partition coefficient (Wildman–Crippen LogP) is 2.61. The maximum Gasteiger partial charge on any atom is 0.253 e. The molecule has 7 heteroatoms. The normalized spacial score (nSPS) is 18.3. The second-order valence-electron chi connectivity index (χ2n) is 6.54. The molecular weight excluding hydrogens is 352 g/mol. The molecule has 6 nitrogen and oxygen atoms in total. The SMILES string of the molecule is CCOC[C@@H]1CCCN(C(=O)c2cccc(S(=O)(=O)N(CC)CC)c2)C1. The standard InChI is InChI=1S/C19H30N2O4S/c1-4-21(5-2)26(23,24)18-11-7-10-17(13-18)19(22)20-12-8-9-16(14-20)15-25-6-3/h7,10-11,13,16H,4-6,8-9,12,14-15H2,1-3H3/t16-/m1/s1. The van der Waals surface area contributed by atoms with Crippen LogP contribution in [0.3, 0.4) is 0 Å². The summed E-state index contributed by atoms with van der Waals surface area (Å²) in [6.07, 6.45) is 2.00. The van der Waals surface area contributed by atoms with Gasteiger partial charge in [0.15, 0.2) is 0 Å². The first kappa shape index (κ1) is 20.9. The maximum absolute atomic E-state index is 12.9. The van der Waals surface area contributed by atoms with Crippen LogP contribution >= 0.6 is 0 Å². The third kappa shape index (κ3) is 4.84. The highest BCUT2D eigenvalue weighted by Crippen LogP contribution is 2.21. The lowest BCUT2D eigenvalue weighted by atomic mass is 9.98. The second kappa shape index (κ2) is 9.48. The number of likely N-dealkylation sites (tertiary alicyclic amines) is 1. The molecule has 1 aromatic rings. The van der Waals surface area contributed by atoms with Gasteiger partial charge in [0.25, 0.3) is 5.91 Å². The Labute approximate surface area is 157 Å². The highest BCUT2D eigenvalue weighted by molar-refractivity contribution is 7.89. The predicted molar refractivity (Wildman–Crippen MR) is 102 cm³/mol. The molecule has 0 aliphatic carbocycles. The van der Waals surface area contributed by atoms with Crippen LogP contribution in [0.4, 0.5) is 0 Å². The molecule has 1 saturated heterocycles. The molecule has 1 amide bonds. The van der Waals surface area contributed by atoms with Crippen LogP contribution in [0.2, 0.25) is 0 Å². The number of benzene rings is 1. The van der Waals surface area contributed by atoms with Gasteiger partial charge in [0.05, 0.1) is 11.5 Å². The summed E-state index contributed by atoms with van der Waals surface area (Å²) in [6.45, 7) is 9.09. The number of carbonyl (C=O) groups excluding carboxylic acids is 1. The zero-order valence-corrected chi connectivity index (χ0v) is 16.8. The van der Waals surface area contributed by atoms with Gasteiger partial charge in [0.1, 0.15) is 0 Å². The number of piperidine rings is 1. The highest BCUT2D eigenvalue weighted by atomic mass is 32.2. The summed E-state index contributed by atoms with van der Waals surface area (Å²) in [5.74, 6) is 0.234. The lowest BCUT2D eigenvalue weighted by molar-refractivity contribution is 0.0501. The third-order valence-corrected chi connectivity index (χ3v) is 6.83. The summed E-state index contributed by atoms with van der Waals surface area (Å²) in [7, 11) is -3.57. The number of carbonyl (C=O) groups is 1. The summed E-state index contributed by atoms with van der Waals surface area (Å²) in [6, 6.07) is 6.39. The molecule has 1 aliphatic heterocycles. The Bertz CT molecular complexity index is 701. The van der Waals surface area contributed by atoms with Crippen LogP contribution in [0.15, 0.2) is 29.2 Å². The maximum atomic E-state index is 12.9. The van der Waals surface area contributed by atoms with Crippen molar-refractivity contribution in [3.8, 4) is 0 Å². The summed E-state index contributed by atoms with van der Waals surface area (Å²) in [5.41, 5.74) is 0.426. The van der Waals surface area contributed by atoms with E-state index in [1.54, 1.807) is 18.2 Å². The Morgan fingerprint density at radius 3 is 2.65 bits per heavy atom. The molecular formula is C19H30N2O4S. The van der Waals surface area contributed by atoms with Crippen LogP contribution in [0, 0.1) is 5.92 Å². The van der Waals surface area contributed by atoms with E-state index < -0.39 is 10.0 Å². The van der Waals surface area contributed by atoms with Gasteiger partial charge in [0.2, 0.25) is 10.0 Å². The van der Waals surface area contributed by atoms with Gasteiger partial charge in [-0.2, -0.15) is 4.31 Å². The fraction of sp³-hybridized carbons (Fsp3) is 0.632. The Balaban J connectivity index is 2.17. The van der Waals surface area contributed by atoms with Crippen molar-refractivity contribution in [2.24, 2.45) is 5.92 Å². The Morgan fingerprint density at radius 2 is 2.00 bits per heavy atom. The molecule has 0 radical (unpaired) electrons. The van der Waals surface area contributed by atoms with Crippen LogP contribution in [0.25, 0.3) is 0 Å². The van der Waals surface area contributed by atoms with E-state index >= 15 is 0 Å². The summed E-state index contributed by atoms with van der Waals surface area (Å²) < 4.78 is 32.3. The van der Waals surface area contributed by atoms with Crippen molar-refractivity contribution in [2.75, 3.05) is 39.4 Å². The van der Waals surface area contributed by atoms with Gasteiger partial charge in [-0.25, -0.2) is 8.42 Å². The van der Waals surface area contributed by atoms with Crippen LogP contribution in [0.1, 0.15) is 44.0 Å². The minimum atomic E-state index is -3.57. The Hall–Kier alpha value is -1.44. The van der Waals surface area contributed by atoms with E-state index in [1.807, 2.05) is 25.7 Å². The van der Waals surface area contributed by atoms with E-state index in [9.17, 15) is 13.2 Å². The van der Waals surface area contributed by atoms with Crippen molar-refractivity contribution in [1.29, 1.82) is 0 Å². The number of hydrogen-bond donors (Lipinski definition) is 0. The molecule has 0 bridgehead atoms. The largest absolute Gasteiger partial charge is 0.381 e. The molecule has 26 heavy (non-hydrogen) atoms. The molecule has 2 rings (SSSR count). The van der Waals surface area contributed by atoms with Gasteiger partial charge in [-0.05, 0) is 43.9 Å². The fourth-order valence-electron chi connectivity index (χ4n) is 3.35. The van der Waals surface area contributed by atoms with Crippen molar-refractivity contribution >= 4 is 15.9 Å². The van der Waals surface area contributed by atoms with Gasteiger partial charge < -0.3 is 9.64 Å². The third-order valence-electron chi connectivity index (χ3n) is 4.79. The van der Waals surface area contributed by atoms with Gasteiger partial charge in [0, 0.05) is 38.3 Å². The quantitative estimate of drug-likeness (QED) is 0.693. The topological polar surface area (TPSA) is 66.9 Å². The number of amides is 1. The Kier molecular flexibility index (Phi) is 7.61. The van der Waals surface area contributed by atoms with E-state index in [2.05, 4.69) is 0 Å². The zero-order valence-electron chi connectivity index (χ0n) is 16.0. The van der Waals surface area contributed by atoms with Gasteiger partial charge >= 0.3 is 0 Å². The number of hydrogen-bond acceptors (Lipinski definition) is 4. The first-order chi connectivity index (χ1) is 12.4. The smallest absolute Gasteiger partial charge is 0.253 e. The molecule has 1 fully saturated rings. The minimum absolute atomic E-state index is 0.109. The van der Waals surface area contributed by atoms with Crippen LogP contribution in [-0.4, -0.2) is 62.9 Å². The van der Waals surface area contributed by atoms with Crippen molar-refractivity contribution in [3.05, 3.63) is 29.8 Å². The highest BCUT2D eigenvalue weighted by Gasteiger charge is 2.27. The molecule has 0 spiro atoms. The van der Waals surface area contributed by atoms with Crippen molar-refractivity contribution in [2.45, 2.75) is 38.5 Å². The van der Waals surface area contributed by atoms with Crippen LogP contribution in [0.5, 0.6) is 0 Å². The zero-order chi connectivity index (χ0) is 19.2. The molecule has 0 aromatic heterocycles. The number of ether oxygens (including phenoxy) is 1. The van der Waals surface area contributed by atoms with E-state index in [-0.39, 0.29) is 10.8 Å². The monoisotopic (exact) mass is 382 g/mol. The summed E-state index contributed by atoms with van der Waals surface area (Å²) in [4.78, 5) is 14.9. The average Bonchev–Trinajstić information content (AvgIpc) is 2.67. The van der Waals surface area contributed by atoms with Crippen LogP contribution < -0.4 is 0 Å². The lowest BCUT2D eigenvalue weighted by Gasteiger charge is -2.32. The minimum Gasteiger partial charge on any atom is -0.381 e. The molecule has 0 N–H and O–H groups in total. The van der Waals surface area contributed by atoms with Gasteiger partial charge in [-0.15, -0.1) is 0 Å². The summed E-state index contributed by atoms with van der Waals surface area (Å²) >= 11 is 0. The van der Waals surface area contributed by atoms with Crippen LogP contribution in [-0.2, 0) is 14.8 Å². The van der Waals surface area contributed by atoms with E-state index in [0.29, 0.717) is 50.9 Å². The molecule has 1 heterocycles. The van der Waals surface area contributed by atoms with Crippen molar-refractivity contribution < 1.29 is 17.9 Å². The molecule has 146 valence electrons. The molecule has 1 atom stereocenters. The average molecular weight is 383 g/mol. The number of rotatable bonds is 8. The van der Waals surface area contributed by atoms with Gasteiger partial charge in [-0.1, -0.05) is 19.9 Å². The number of sulfonamides is 1. The molecule has 1 aromatic carbocycles. The first-order valence-corrected chi connectivity index (χ1v) is 10.8. The molecule has 1 aliphatic rings. The van der Waals surface area contributed by atoms with Crippen molar-refractivity contribution in [3.63, 3.8) is 0 Å². The lowest BCUT2D eigenvalue weighted by Crippen LogP contribution is -2.41. The van der Waals surface area contributed by atoms with E-state index in [4.69, 9.17) is 4.74 Å².